The Bertz CT molecular complexity index is 435. The second kappa shape index (κ2) is 7.36. The van der Waals surface area contributed by atoms with Crippen molar-refractivity contribution < 1.29 is 9.90 Å². The van der Waals surface area contributed by atoms with Crippen molar-refractivity contribution >= 4 is 23.2 Å². The van der Waals surface area contributed by atoms with E-state index in [1.54, 1.807) is 17.9 Å². The number of likely N-dealkylation sites (N-methyl/N-ethyl adjacent to an activating group) is 1. The predicted octanol–water partition coefficient (Wildman–Crippen LogP) is 2.36. The zero-order chi connectivity index (χ0) is 14.4. The summed E-state index contributed by atoms with van der Waals surface area (Å²) in [5, 5.41) is 12.8. The van der Waals surface area contributed by atoms with E-state index in [9.17, 15) is 9.90 Å². The lowest BCUT2D eigenvalue weighted by Crippen LogP contribution is -2.35. The van der Waals surface area contributed by atoms with Crippen LogP contribution >= 0.6 is 11.6 Å². The van der Waals surface area contributed by atoms with Gasteiger partial charge in [-0.2, -0.15) is 0 Å². The van der Waals surface area contributed by atoms with Crippen LogP contribution in [0.2, 0.25) is 5.02 Å². The van der Waals surface area contributed by atoms with Gasteiger partial charge in [0.1, 0.15) is 0 Å². The van der Waals surface area contributed by atoms with Gasteiger partial charge in [0, 0.05) is 13.6 Å². The van der Waals surface area contributed by atoms with Gasteiger partial charge in [-0.25, -0.2) is 0 Å². The Balaban J connectivity index is 2.71. The van der Waals surface area contributed by atoms with Gasteiger partial charge in [0.05, 0.1) is 23.4 Å². The van der Waals surface area contributed by atoms with Gasteiger partial charge >= 0.3 is 0 Å². The molecular formula is C14H21ClN2O2. The molecule has 0 aliphatic heterocycles. The first-order valence-corrected chi connectivity index (χ1v) is 6.78. The number of carbonyl (C=O) groups excluding carboxylic acids is 1. The lowest BCUT2D eigenvalue weighted by molar-refractivity contribution is -0.119. The molecule has 0 unspecified atom stereocenters. The van der Waals surface area contributed by atoms with Gasteiger partial charge in [0.2, 0.25) is 5.91 Å². The smallest absolute Gasteiger partial charge is 0.239 e. The van der Waals surface area contributed by atoms with E-state index in [0.717, 1.165) is 17.7 Å². The molecule has 106 valence electrons. The van der Waals surface area contributed by atoms with Gasteiger partial charge in [-0.15, -0.1) is 0 Å². The third-order valence-corrected chi connectivity index (χ3v) is 3.12. The number of amides is 1. The predicted molar refractivity (Wildman–Crippen MR) is 78.7 cm³/mol. The largest absolute Gasteiger partial charge is 0.389 e. The molecule has 0 aliphatic rings. The topological polar surface area (TPSA) is 52.6 Å². The van der Waals surface area contributed by atoms with Gasteiger partial charge in [-0.1, -0.05) is 24.6 Å². The Labute approximate surface area is 119 Å². The standard InChI is InChI=1S/C14H21ClN2O2/c1-4-7-16-14(19)9-17(3)13-6-5-11(10(2)18)8-12(13)15/h5-6,8,10,18H,4,7,9H2,1-3H3,(H,16,19)/t10-/m0/s1. The number of hydrogen-bond acceptors (Lipinski definition) is 3. The summed E-state index contributed by atoms with van der Waals surface area (Å²) in [5.41, 5.74) is 1.54. The van der Waals surface area contributed by atoms with Crippen molar-refractivity contribution in [3.8, 4) is 0 Å². The number of carbonyl (C=O) groups is 1. The van der Waals surface area contributed by atoms with E-state index in [0.29, 0.717) is 11.6 Å². The molecule has 1 aromatic carbocycles. The molecule has 5 heteroatoms. The van der Waals surface area contributed by atoms with Crippen LogP contribution in [0.5, 0.6) is 0 Å². The SMILES string of the molecule is CCCNC(=O)CN(C)c1ccc([C@H](C)O)cc1Cl. The maximum atomic E-state index is 11.6. The Morgan fingerprint density at radius 2 is 2.21 bits per heavy atom. The fraction of sp³-hybridized carbons (Fsp3) is 0.500. The monoisotopic (exact) mass is 284 g/mol. The summed E-state index contributed by atoms with van der Waals surface area (Å²) in [5.74, 6) is -0.0278. The van der Waals surface area contributed by atoms with Crippen molar-refractivity contribution in [2.75, 3.05) is 25.0 Å². The molecule has 0 radical (unpaired) electrons. The summed E-state index contributed by atoms with van der Waals surface area (Å²) < 4.78 is 0. The molecule has 1 rings (SSSR count). The van der Waals surface area contributed by atoms with Crippen LogP contribution < -0.4 is 10.2 Å². The molecule has 0 spiro atoms. The number of aliphatic hydroxyl groups is 1. The molecule has 0 saturated carbocycles. The fourth-order valence-corrected chi connectivity index (χ4v) is 2.05. The minimum Gasteiger partial charge on any atom is -0.389 e. The highest BCUT2D eigenvalue weighted by molar-refractivity contribution is 6.33. The quantitative estimate of drug-likeness (QED) is 0.843. The summed E-state index contributed by atoms with van der Waals surface area (Å²) in [6, 6.07) is 5.35. The van der Waals surface area contributed by atoms with Crippen molar-refractivity contribution in [2.24, 2.45) is 0 Å². The average molecular weight is 285 g/mol. The highest BCUT2D eigenvalue weighted by Crippen LogP contribution is 2.28. The first-order valence-electron chi connectivity index (χ1n) is 6.41. The molecule has 0 saturated heterocycles. The van der Waals surface area contributed by atoms with Crippen LogP contribution in [0, 0.1) is 0 Å². The molecule has 19 heavy (non-hydrogen) atoms. The zero-order valence-corrected chi connectivity index (χ0v) is 12.4. The minimum atomic E-state index is -0.551. The van der Waals surface area contributed by atoms with Crippen LogP contribution in [-0.2, 0) is 4.79 Å². The van der Waals surface area contributed by atoms with Crippen LogP contribution in [0.3, 0.4) is 0 Å². The van der Waals surface area contributed by atoms with Crippen LogP contribution in [0.15, 0.2) is 18.2 Å². The second-order valence-corrected chi connectivity index (χ2v) is 5.00. The third kappa shape index (κ3) is 4.73. The average Bonchev–Trinajstić information content (AvgIpc) is 2.35. The van der Waals surface area contributed by atoms with Crippen LogP contribution in [-0.4, -0.2) is 31.2 Å². The number of nitrogens with zero attached hydrogens (tertiary/aromatic N) is 1. The van der Waals surface area contributed by atoms with Gasteiger partial charge in [0.15, 0.2) is 0 Å². The van der Waals surface area contributed by atoms with E-state index >= 15 is 0 Å². The molecule has 2 N–H and O–H groups in total. The number of halogens is 1. The van der Waals surface area contributed by atoms with Gasteiger partial charge in [-0.05, 0) is 31.0 Å². The van der Waals surface area contributed by atoms with Crippen LogP contribution in [0.1, 0.15) is 31.9 Å². The van der Waals surface area contributed by atoms with Crippen LogP contribution in [0.4, 0.5) is 5.69 Å². The molecule has 0 fully saturated rings. The Kier molecular flexibility index (Phi) is 6.12. The van der Waals surface area contributed by atoms with Crippen molar-refractivity contribution in [1.82, 2.24) is 5.32 Å². The molecule has 0 aromatic heterocycles. The minimum absolute atomic E-state index is 0.0278. The molecule has 0 aliphatic carbocycles. The number of benzene rings is 1. The Hall–Kier alpha value is -1.26. The molecule has 0 heterocycles. The Morgan fingerprint density at radius 1 is 1.53 bits per heavy atom. The highest BCUT2D eigenvalue weighted by atomic mass is 35.5. The number of aliphatic hydroxyl groups excluding tert-OH is 1. The molecule has 1 aromatic rings. The lowest BCUT2D eigenvalue weighted by Gasteiger charge is -2.21. The summed E-state index contributed by atoms with van der Waals surface area (Å²) in [7, 11) is 1.81. The molecule has 0 bridgehead atoms. The van der Waals surface area contributed by atoms with Crippen molar-refractivity contribution in [1.29, 1.82) is 0 Å². The Morgan fingerprint density at radius 3 is 2.74 bits per heavy atom. The number of hydrogen-bond donors (Lipinski definition) is 2. The zero-order valence-electron chi connectivity index (χ0n) is 11.6. The molecule has 1 amide bonds. The lowest BCUT2D eigenvalue weighted by atomic mass is 10.1. The summed E-state index contributed by atoms with van der Waals surface area (Å²) in [6.45, 7) is 4.64. The van der Waals surface area contributed by atoms with Crippen LogP contribution in [0.25, 0.3) is 0 Å². The number of nitrogens with one attached hydrogen (secondary N) is 1. The van der Waals surface area contributed by atoms with E-state index in [4.69, 9.17) is 11.6 Å². The maximum Gasteiger partial charge on any atom is 0.239 e. The van der Waals surface area contributed by atoms with Crippen molar-refractivity contribution in [2.45, 2.75) is 26.4 Å². The highest BCUT2D eigenvalue weighted by Gasteiger charge is 2.11. The molecule has 1 atom stereocenters. The summed E-state index contributed by atoms with van der Waals surface area (Å²) in [6.07, 6.45) is 0.365. The fourth-order valence-electron chi connectivity index (χ4n) is 1.71. The summed E-state index contributed by atoms with van der Waals surface area (Å²) in [4.78, 5) is 13.4. The van der Waals surface area contributed by atoms with Gasteiger partial charge in [0.25, 0.3) is 0 Å². The number of rotatable bonds is 6. The van der Waals surface area contributed by atoms with Crippen molar-refractivity contribution in [3.05, 3.63) is 28.8 Å². The normalized spacial score (nSPS) is 12.1. The van der Waals surface area contributed by atoms with Gasteiger partial charge < -0.3 is 15.3 Å². The molecular weight excluding hydrogens is 264 g/mol. The first kappa shape index (κ1) is 15.8. The van der Waals surface area contributed by atoms with E-state index in [-0.39, 0.29) is 12.5 Å². The third-order valence-electron chi connectivity index (χ3n) is 2.82. The van der Waals surface area contributed by atoms with Crippen molar-refractivity contribution in [3.63, 3.8) is 0 Å². The van der Waals surface area contributed by atoms with E-state index in [2.05, 4.69) is 5.32 Å². The molecule has 4 nitrogen and oxygen atoms in total. The van der Waals surface area contributed by atoms with E-state index in [1.165, 1.54) is 0 Å². The second-order valence-electron chi connectivity index (χ2n) is 4.59. The maximum absolute atomic E-state index is 11.6. The van der Waals surface area contributed by atoms with Gasteiger partial charge in [-0.3, -0.25) is 4.79 Å². The van der Waals surface area contributed by atoms with E-state index in [1.807, 2.05) is 26.1 Å². The summed E-state index contributed by atoms with van der Waals surface area (Å²) >= 11 is 6.17. The first-order chi connectivity index (χ1) is 8.95. The van der Waals surface area contributed by atoms with E-state index < -0.39 is 6.10 Å². The number of anilines is 1.